The summed E-state index contributed by atoms with van der Waals surface area (Å²) in [6.07, 6.45) is 2.37. The molecule has 1 N–H and O–H groups in total. The van der Waals surface area contributed by atoms with Gasteiger partial charge in [-0.3, -0.25) is 10.1 Å². The number of nitrogens with zero attached hydrogens (tertiary/aromatic N) is 3. The predicted octanol–water partition coefficient (Wildman–Crippen LogP) is 4.20. The third-order valence-electron chi connectivity index (χ3n) is 4.02. The maximum Gasteiger partial charge on any atom is 0.267 e. The van der Waals surface area contributed by atoms with E-state index in [1.165, 1.54) is 35.5 Å². The van der Waals surface area contributed by atoms with Crippen LogP contribution in [0.25, 0.3) is 10.2 Å². The molecule has 7 heteroatoms. The largest absolute Gasteiger partial charge is 0.296 e. The van der Waals surface area contributed by atoms with Gasteiger partial charge in [0.25, 0.3) is 5.91 Å². The molecule has 0 aliphatic heterocycles. The van der Waals surface area contributed by atoms with Crippen molar-refractivity contribution in [2.24, 2.45) is 0 Å². The number of hydrogen-bond acceptors (Lipinski definition) is 6. The van der Waals surface area contributed by atoms with Gasteiger partial charge in [0.15, 0.2) is 0 Å². The lowest BCUT2D eigenvalue weighted by atomic mass is 10.1. The zero-order valence-corrected chi connectivity index (χ0v) is 14.8. The van der Waals surface area contributed by atoms with Gasteiger partial charge in [-0.15, -0.1) is 21.5 Å². The van der Waals surface area contributed by atoms with Gasteiger partial charge in [0, 0.05) is 17.0 Å². The van der Waals surface area contributed by atoms with E-state index in [1.807, 2.05) is 13.8 Å². The second-order valence-electron chi connectivity index (χ2n) is 5.99. The number of aromatic nitrogens is 3. The molecule has 5 nitrogen and oxygen atoms in total. The van der Waals surface area contributed by atoms with Gasteiger partial charge >= 0.3 is 0 Å². The third-order valence-corrected chi connectivity index (χ3v) is 6.21. The molecule has 0 bridgehead atoms. The molecule has 1 aliphatic rings. The minimum atomic E-state index is -0.124. The van der Waals surface area contributed by atoms with E-state index in [-0.39, 0.29) is 5.91 Å². The number of hydrogen-bond donors (Lipinski definition) is 1. The molecule has 0 atom stereocenters. The number of rotatable bonds is 3. The van der Waals surface area contributed by atoms with Crippen LogP contribution in [0.2, 0.25) is 0 Å². The van der Waals surface area contributed by atoms with E-state index in [4.69, 9.17) is 0 Å². The Hall–Kier alpha value is -1.86. The first kappa shape index (κ1) is 14.7. The van der Waals surface area contributed by atoms with E-state index in [0.717, 1.165) is 32.0 Å². The minimum Gasteiger partial charge on any atom is -0.296 e. The lowest BCUT2D eigenvalue weighted by Gasteiger charge is -2.01. The molecule has 3 aromatic rings. The molecule has 0 radical (unpaired) electrons. The van der Waals surface area contributed by atoms with Gasteiger partial charge in [0.05, 0.1) is 4.88 Å². The van der Waals surface area contributed by atoms with Gasteiger partial charge in [0.1, 0.15) is 9.84 Å². The molecule has 1 aliphatic carbocycles. The molecule has 1 amide bonds. The van der Waals surface area contributed by atoms with E-state index in [9.17, 15) is 4.79 Å². The summed E-state index contributed by atoms with van der Waals surface area (Å²) in [4.78, 5) is 18.8. The number of amides is 1. The molecule has 23 heavy (non-hydrogen) atoms. The number of nitrogens with one attached hydrogen (secondary N) is 1. The monoisotopic (exact) mass is 344 g/mol. The van der Waals surface area contributed by atoms with E-state index >= 15 is 0 Å². The number of carbonyl (C=O) groups is 1. The molecule has 1 fully saturated rings. The lowest BCUT2D eigenvalue weighted by Crippen LogP contribution is -2.11. The van der Waals surface area contributed by atoms with Crippen LogP contribution in [0.5, 0.6) is 0 Å². The van der Waals surface area contributed by atoms with Gasteiger partial charge < -0.3 is 0 Å². The standard InChI is InChI=1S/C16H16N4OS2/c1-7-6-8(2)17-15-11(7)9(3)12(22-15)13(21)18-16-20-19-14(23-16)10-4-5-10/h6,10H,4-5H2,1-3H3,(H,18,20,21). The average molecular weight is 344 g/mol. The van der Waals surface area contributed by atoms with E-state index in [2.05, 4.69) is 33.5 Å². The van der Waals surface area contributed by atoms with Crippen LogP contribution in [0.15, 0.2) is 6.07 Å². The first-order chi connectivity index (χ1) is 11.0. The maximum absolute atomic E-state index is 12.6. The van der Waals surface area contributed by atoms with Crippen molar-refractivity contribution in [2.45, 2.75) is 39.5 Å². The average Bonchev–Trinajstić information content (AvgIpc) is 3.14. The highest BCUT2D eigenvalue weighted by atomic mass is 32.1. The Balaban J connectivity index is 1.66. The summed E-state index contributed by atoms with van der Waals surface area (Å²) in [7, 11) is 0. The van der Waals surface area contributed by atoms with Crippen molar-refractivity contribution in [1.29, 1.82) is 0 Å². The summed E-state index contributed by atoms with van der Waals surface area (Å²) in [5.41, 5.74) is 3.12. The molecule has 3 aromatic heterocycles. The van der Waals surface area contributed by atoms with Gasteiger partial charge in [-0.25, -0.2) is 4.98 Å². The van der Waals surface area contributed by atoms with Crippen LogP contribution in [0.4, 0.5) is 5.13 Å². The van der Waals surface area contributed by atoms with E-state index in [0.29, 0.717) is 15.9 Å². The predicted molar refractivity (Wildman–Crippen MR) is 93.7 cm³/mol. The van der Waals surface area contributed by atoms with Crippen molar-refractivity contribution in [3.8, 4) is 0 Å². The first-order valence-corrected chi connectivity index (χ1v) is 9.18. The van der Waals surface area contributed by atoms with Crippen molar-refractivity contribution in [1.82, 2.24) is 15.2 Å². The number of aryl methyl sites for hydroxylation is 3. The van der Waals surface area contributed by atoms with Gasteiger partial charge in [-0.2, -0.15) is 0 Å². The number of fused-ring (bicyclic) bond motifs is 1. The van der Waals surface area contributed by atoms with Crippen LogP contribution < -0.4 is 5.32 Å². The Labute approximate surface area is 141 Å². The number of carbonyl (C=O) groups excluding carboxylic acids is 1. The molecular weight excluding hydrogens is 328 g/mol. The topological polar surface area (TPSA) is 67.8 Å². The molecule has 0 spiro atoms. The first-order valence-electron chi connectivity index (χ1n) is 7.55. The lowest BCUT2D eigenvalue weighted by molar-refractivity contribution is 0.103. The second-order valence-corrected chi connectivity index (χ2v) is 8.00. The number of pyridine rings is 1. The van der Waals surface area contributed by atoms with Crippen LogP contribution in [0, 0.1) is 20.8 Å². The summed E-state index contributed by atoms with van der Waals surface area (Å²) in [6, 6.07) is 2.05. The summed E-state index contributed by atoms with van der Waals surface area (Å²) in [6.45, 7) is 6.01. The molecule has 4 rings (SSSR count). The molecule has 118 valence electrons. The molecule has 0 aromatic carbocycles. The highest BCUT2D eigenvalue weighted by Crippen LogP contribution is 2.42. The SMILES string of the molecule is Cc1cc(C)c2c(C)c(C(=O)Nc3nnc(C4CC4)s3)sc2n1. The molecular formula is C16H16N4OS2. The van der Waals surface area contributed by atoms with Crippen molar-refractivity contribution < 1.29 is 4.79 Å². The Morgan fingerprint density at radius 1 is 1.22 bits per heavy atom. The highest BCUT2D eigenvalue weighted by Gasteiger charge is 2.28. The van der Waals surface area contributed by atoms with Crippen LogP contribution in [0.1, 0.15) is 50.3 Å². The Morgan fingerprint density at radius 3 is 2.74 bits per heavy atom. The van der Waals surface area contributed by atoms with Gasteiger partial charge in [-0.1, -0.05) is 11.3 Å². The van der Waals surface area contributed by atoms with Gasteiger partial charge in [0.2, 0.25) is 5.13 Å². The van der Waals surface area contributed by atoms with Crippen LogP contribution in [-0.4, -0.2) is 21.1 Å². The summed E-state index contributed by atoms with van der Waals surface area (Å²) < 4.78 is 0. The fourth-order valence-electron chi connectivity index (χ4n) is 2.77. The fraction of sp³-hybridized carbons (Fsp3) is 0.375. The number of anilines is 1. The number of thiophene rings is 1. The van der Waals surface area contributed by atoms with Crippen LogP contribution >= 0.6 is 22.7 Å². The van der Waals surface area contributed by atoms with Crippen molar-refractivity contribution in [3.63, 3.8) is 0 Å². The molecule has 3 heterocycles. The Kier molecular flexibility index (Phi) is 3.42. The maximum atomic E-state index is 12.6. The zero-order valence-electron chi connectivity index (χ0n) is 13.1. The van der Waals surface area contributed by atoms with E-state index < -0.39 is 0 Å². The van der Waals surface area contributed by atoms with Crippen LogP contribution in [0.3, 0.4) is 0 Å². The molecule has 0 unspecified atom stereocenters. The van der Waals surface area contributed by atoms with Crippen molar-refractivity contribution in [3.05, 3.63) is 32.8 Å². The van der Waals surface area contributed by atoms with Crippen molar-refractivity contribution in [2.75, 3.05) is 5.32 Å². The minimum absolute atomic E-state index is 0.124. The summed E-state index contributed by atoms with van der Waals surface area (Å²) >= 11 is 2.92. The highest BCUT2D eigenvalue weighted by molar-refractivity contribution is 7.21. The van der Waals surface area contributed by atoms with E-state index in [1.54, 1.807) is 0 Å². The second kappa shape index (κ2) is 5.35. The Bertz CT molecular complexity index is 924. The smallest absolute Gasteiger partial charge is 0.267 e. The molecule has 1 saturated carbocycles. The summed E-state index contributed by atoms with van der Waals surface area (Å²) in [5.74, 6) is 0.431. The third kappa shape index (κ3) is 2.64. The van der Waals surface area contributed by atoms with Crippen LogP contribution in [-0.2, 0) is 0 Å². The van der Waals surface area contributed by atoms with Crippen molar-refractivity contribution >= 4 is 43.9 Å². The fourth-order valence-corrected chi connectivity index (χ4v) is 4.88. The zero-order chi connectivity index (χ0) is 16.1. The normalized spacial score (nSPS) is 14.4. The quantitative estimate of drug-likeness (QED) is 0.773. The summed E-state index contributed by atoms with van der Waals surface area (Å²) in [5, 5.41) is 13.8. The van der Waals surface area contributed by atoms with Gasteiger partial charge in [-0.05, 0) is 50.8 Å². The molecule has 0 saturated heterocycles. The Morgan fingerprint density at radius 2 is 2.00 bits per heavy atom.